The first-order chi connectivity index (χ1) is 12.7. The molecule has 4 rings (SSSR count). The standard InChI is InChI=1S/C20H21N3O3/c24-19(9-7-15-6-8-18-17(14-15)21-20(25)26-18)23-12-10-22(11-13-23)16-4-2-1-3-5-16/h1-6,8,14H,7,9-13H2,(H,21,25). The summed E-state index contributed by atoms with van der Waals surface area (Å²) in [7, 11) is 0. The zero-order valence-corrected chi connectivity index (χ0v) is 14.5. The molecular weight excluding hydrogens is 330 g/mol. The fraction of sp³-hybridized carbons (Fsp3) is 0.300. The molecule has 2 heterocycles. The molecule has 0 spiro atoms. The molecule has 0 atom stereocenters. The summed E-state index contributed by atoms with van der Waals surface area (Å²) < 4.78 is 5.00. The summed E-state index contributed by atoms with van der Waals surface area (Å²) in [6.45, 7) is 3.22. The van der Waals surface area contributed by atoms with Crippen molar-refractivity contribution in [2.45, 2.75) is 12.8 Å². The van der Waals surface area contributed by atoms with Gasteiger partial charge in [-0.2, -0.15) is 0 Å². The molecule has 1 saturated heterocycles. The van der Waals surface area contributed by atoms with E-state index < -0.39 is 5.76 Å². The van der Waals surface area contributed by atoms with Crippen LogP contribution in [0, 0.1) is 0 Å². The number of anilines is 1. The smallest absolute Gasteiger partial charge is 0.408 e. The Morgan fingerprint density at radius 1 is 1.04 bits per heavy atom. The number of para-hydroxylation sites is 1. The molecule has 3 aromatic rings. The highest BCUT2D eigenvalue weighted by Crippen LogP contribution is 2.17. The number of amides is 1. The van der Waals surface area contributed by atoms with Gasteiger partial charge >= 0.3 is 5.76 Å². The van der Waals surface area contributed by atoms with Crippen LogP contribution in [0.3, 0.4) is 0 Å². The number of rotatable bonds is 4. The van der Waals surface area contributed by atoms with Crippen LogP contribution in [0.2, 0.25) is 0 Å². The maximum Gasteiger partial charge on any atom is 0.417 e. The van der Waals surface area contributed by atoms with Gasteiger partial charge in [-0.25, -0.2) is 4.79 Å². The first-order valence-corrected chi connectivity index (χ1v) is 8.88. The number of hydrogen-bond donors (Lipinski definition) is 1. The van der Waals surface area contributed by atoms with Crippen molar-refractivity contribution in [1.82, 2.24) is 9.88 Å². The van der Waals surface area contributed by atoms with E-state index in [1.165, 1.54) is 5.69 Å². The maximum atomic E-state index is 12.5. The summed E-state index contributed by atoms with van der Waals surface area (Å²) >= 11 is 0. The zero-order chi connectivity index (χ0) is 17.9. The number of aromatic amines is 1. The van der Waals surface area contributed by atoms with Crippen LogP contribution in [0.25, 0.3) is 11.1 Å². The van der Waals surface area contributed by atoms with Gasteiger partial charge in [0.05, 0.1) is 5.52 Å². The molecule has 134 valence electrons. The molecule has 2 aromatic carbocycles. The highest BCUT2D eigenvalue weighted by molar-refractivity contribution is 5.77. The predicted octanol–water partition coefficient (Wildman–Crippen LogP) is 2.40. The Balaban J connectivity index is 1.31. The van der Waals surface area contributed by atoms with Gasteiger partial charge < -0.3 is 14.2 Å². The van der Waals surface area contributed by atoms with Gasteiger partial charge in [0.25, 0.3) is 0 Å². The van der Waals surface area contributed by atoms with E-state index in [4.69, 9.17) is 4.42 Å². The summed E-state index contributed by atoms with van der Waals surface area (Å²) in [6.07, 6.45) is 1.12. The molecule has 1 aliphatic heterocycles. The third kappa shape index (κ3) is 3.49. The average molecular weight is 351 g/mol. The molecule has 0 bridgehead atoms. The van der Waals surface area contributed by atoms with Crippen LogP contribution in [0.1, 0.15) is 12.0 Å². The molecule has 6 heteroatoms. The van der Waals surface area contributed by atoms with E-state index in [1.807, 2.05) is 35.2 Å². The highest BCUT2D eigenvalue weighted by atomic mass is 16.4. The Morgan fingerprint density at radius 2 is 1.81 bits per heavy atom. The molecule has 1 aliphatic rings. The van der Waals surface area contributed by atoms with Crippen molar-refractivity contribution in [2.75, 3.05) is 31.1 Å². The van der Waals surface area contributed by atoms with E-state index in [9.17, 15) is 9.59 Å². The molecule has 0 unspecified atom stereocenters. The van der Waals surface area contributed by atoms with Crippen LogP contribution >= 0.6 is 0 Å². The molecular formula is C20H21N3O3. The summed E-state index contributed by atoms with van der Waals surface area (Å²) in [4.78, 5) is 30.6. The van der Waals surface area contributed by atoms with Crippen molar-refractivity contribution in [3.63, 3.8) is 0 Å². The maximum absolute atomic E-state index is 12.5. The average Bonchev–Trinajstić information content (AvgIpc) is 3.06. The molecule has 6 nitrogen and oxygen atoms in total. The number of carbonyl (C=O) groups is 1. The number of hydrogen-bond acceptors (Lipinski definition) is 4. The number of H-pyrrole nitrogens is 1. The van der Waals surface area contributed by atoms with E-state index in [0.717, 1.165) is 31.7 Å². The van der Waals surface area contributed by atoms with Crippen LogP contribution < -0.4 is 10.7 Å². The lowest BCUT2D eigenvalue weighted by Crippen LogP contribution is -2.48. The van der Waals surface area contributed by atoms with Crippen LogP contribution in [-0.2, 0) is 11.2 Å². The fourth-order valence-electron chi connectivity index (χ4n) is 3.42. The number of carbonyl (C=O) groups excluding carboxylic acids is 1. The Kier molecular flexibility index (Phi) is 4.48. The minimum Gasteiger partial charge on any atom is -0.408 e. The van der Waals surface area contributed by atoms with E-state index in [0.29, 0.717) is 23.9 Å². The van der Waals surface area contributed by atoms with Gasteiger partial charge in [-0.1, -0.05) is 24.3 Å². The van der Waals surface area contributed by atoms with Crippen LogP contribution in [0.4, 0.5) is 5.69 Å². The van der Waals surface area contributed by atoms with Crippen molar-refractivity contribution in [3.8, 4) is 0 Å². The number of benzene rings is 2. The van der Waals surface area contributed by atoms with E-state index in [2.05, 4.69) is 22.0 Å². The number of aromatic nitrogens is 1. The van der Waals surface area contributed by atoms with Gasteiger partial charge in [0.1, 0.15) is 0 Å². The molecule has 0 aliphatic carbocycles. The van der Waals surface area contributed by atoms with Gasteiger partial charge in [-0.3, -0.25) is 9.78 Å². The molecule has 1 fully saturated rings. The van der Waals surface area contributed by atoms with Gasteiger partial charge in [0, 0.05) is 38.3 Å². The molecule has 1 N–H and O–H groups in total. The lowest BCUT2D eigenvalue weighted by molar-refractivity contribution is -0.131. The topological polar surface area (TPSA) is 69.5 Å². The highest BCUT2D eigenvalue weighted by Gasteiger charge is 2.21. The summed E-state index contributed by atoms with van der Waals surface area (Å²) in [5.74, 6) is -0.275. The van der Waals surface area contributed by atoms with Gasteiger partial charge in [-0.15, -0.1) is 0 Å². The summed E-state index contributed by atoms with van der Waals surface area (Å²) in [6, 6.07) is 15.8. The van der Waals surface area contributed by atoms with Crippen LogP contribution in [0.15, 0.2) is 57.7 Å². The van der Waals surface area contributed by atoms with Crippen molar-refractivity contribution in [3.05, 3.63) is 64.6 Å². The Bertz CT molecular complexity index is 953. The Hall–Kier alpha value is -3.02. The minimum atomic E-state index is -0.454. The quantitative estimate of drug-likeness (QED) is 0.784. The minimum absolute atomic E-state index is 0.179. The number of fused-ring (bicyclic) bond motifs is 1. The van der Waals surface area contributed by atoms with Gasteiger partial charge in [0.2, 0.25) is 5.91 Å². The molecule has 0 radical (unpaired) electrons. The third-order valence-electron chi connectivity index (χ3n) is 4.86. The summed E-state index contributed by atoms with van der Waals surface area (Å²) in [5.41, 5.74) is 3.45. The molecule has 26 heavy (non-hydrogen) atoms. The summed E-state index contributed by atoms with van der Waals surface area (Å²) in [5, 5.41) is 0. The lowest BCUT2D eigenvalue weighted by Gasteiger charge is -2.36. The second kappa shape index (κ2) is 7.07. The van der Waals surface area contributed by atoms with Crippen molar-refractivity contribution >= 4 is 22.7 Å². The Labute approximate surface area is 151 Å². The Morgan fingerprint density at radius 3 is 2.58 bits per heavy atom. The largest absolute Gasteiger partial charge is 0.417 e. The second-order valence-corrected chi connectivity index (χ2v) is 6.55. The van der Waals surface area contributed by atoms with Crippen LogP contribution in [-0.4, -0.2) is 42.0 Å². The monoisotopic (exact) mass is 351 g/mol. The molecule has 1 amide bonds. The normalized spacial score (nSPS) is 14.8. The molecule has 1 aromatic heterocycles. The number of nitrogens with one attached hydrogen (secondary N) is 1. The van der Waals surface area contributed by atoms with Crippen molar-refractivity contribution < 1.29 is 9.21 Å². The second-order valence-electron chi connectivity index (χ2n) is 6.55. The number of aryl methyl sites for hydroxylation is 1. The van der Waals surface area contributed by atoms with E-state index in [-0.39, 0.29) is 5.91 Å². The fourth-order valence-corrected chi connectivity index (χ4v) is 3.42. The number of nitrogens with zero attached hydrogens (tertiary/aromatic N) is 2. The first kappa shape index (κ1) is 16.4. The zero-order valence-electron chi connectivity index (χ0n) is 14.5. The van der Waals surface area contributed by atoms with Gasteiger partial charge in [-0.05, 0) is 36.2 Å². The van der Waals surface area contributed by atoms with E-state index in [1.54, 1.807) is 6.07 Å². The lowest BCUT2D eigenvalue weighted by atomic mass is 10.1. The SMILES string of the molecule is O=C(CCc1ccc2oc(=O)[nH]c2c1)N1CCN(c2ccccc2)CC1. The number of oxazole rings is 1. The molecule has 0 saturated carbocycles. The third-order valence-corrected chi connectivity index (χ3v) is 4.86. The van der Waals surface area contributed by atoms with Crippen LogP contribution in [0.5, 0.6) is 0 Å². The first-order valence-electron chi connectivity index (χ1n) is 8.88. The van der Waals surface area contributed by atoms with Crippen molar-refractivity contribution in [2.24, 2.45) is 0 Å². The number of piperazine rings is 1. The predicted molar refractivity (Wildman–Crippen MR) is 100 cm³/mol. The van der Waals surface area contributed by atoms with E-state index >= 15 is 0 Å². The van der Waals surface area contributed by atoms with Gasteiger partial charge in [0.15, 0.2) is 5.58 Å². The van der Waals surface area contributed by atoms with Crippen molar-refractivity contribution in [1.29, 1.82) is 0 Å².